The van der Waals surface area contributed by atoms with E-state index in [0.717, 1.165) is 5.56 Å². The molecule has 0 aliphatic rings. The van der Waals surface area contributed by atoms with Gasteiger partial charge in [-0.2, -0.15) is 0 Å². The van der Waals surface area contributed by atoms with E-state index in [2.05, 4.69) is 4.74 Å². The summed E-state index contributed by atoms with van der Waals surface area (Å²) in [4.78, 5) is 10.8. The molecular weight excluding hydrogens is 232 g/mol. The number of hydrogen-bond donors (Lipinski definition) is 1. The van der Waals surface area contributed by atoms with Crippen molar-refractivity contribution < 1.29 is 19.4 Å². The molecule has 1 atom stereocenters. The molecule has 0 radical (unpaired) electrons. The van der Waals surface area contributed by atoms with Crippen molar-refractivity contribution in [3.8, 4) is 0 Å². The molecule has 0 heterocycles. The lowest BCUT2D eigenvalue weighted by Gasteiger charge is -2.09. The molecule has 1 aromatic rings. The van der Waals surface area contributed by atoms with Crippen LogP contribution in [0.5, 0.6) is 0 Å². The quantitative estimate of drug-likeness (QED) is 0.591. The van der Waals surface area contributed by atoms with Crippen LogP contribution in [0.2, 0.25) is 0 Å². The predicted octanol–water partition coefficient (Wildman–Crippen LogP) is 1.68. The molecule has 0 spiro atoms. The third kappa shape index (κ3) is 6.18. The normalized spacial score (nSPS) is 12.6. The van der Waals surface area contributed by atoms with Gasteiger partial charge in [-0.05, 0) is 12.0 Å². The Kier molecular flexibility index (Phi) is 6.76. The number of aliphatic hydroxyl groups is 1. The minimum absolute atomic E-state index is 0.237. The second-order valence-electron chi connectivity index (χ2n) is 3.82. The molecule has 0 aromatic heterocycles. The average molecular weight is 250 g/mol. The lowest BCUT2D eigenvalue weighted by atomic mass is 10.2. The Labute approximate surface area is 107 Å². The number of aliphatic hydroxyl groups excluding tert-OH is 1. The summed E-state index contributed by atoms with van der Waals surface area (Å²) in [5, 5.41) is 9.58. The minimum Gasteiger partial charge on any atom is -0.466 e. The van der Waals surface area contributed by atoms with Crippen molar-refractivity contribution in [2.75, 3.05) is 13.7 Å². The van der Waals surface area contributed by atoms with Crippen LogP contribution in [0.4, 0.5) is 0 Å². The summed E-state index contributed by atoms with van der Waals surface area (Å²) >= 11 is 0. The van der Waals surface area contributed by atoms with E-state index in [1.165, 1.54) is 13.2 Å². The van der Waals surface area contributed by atoms with Crippen LogP contribution >= 0.6 is 0 Å². The van der Waals surface area contributed by atoms with Crippen molar-refractivity contribution in [1.29, 1.82) is 0 Å². The van der Waals surface area contributed by atoms with E-state index in [0.29, 0.717) is 13.0 Å². The monoisotopic (exact) mass is 250 g/mol. The molecule has 0 saturated carbocycles. The summed E-state index contributed by atoms with van der Waals surface area (Å²) in [5.41, 5.74) is 1.06. The van der Waals surface area contributed by atoms with E-state index in [1.807, 2.05) is 30.3 Å². The number of methoxy groups -OCH3 is 1. The van der Waals surface area contributed by atoms with E-state index in [1.54, 1.807) is 6.08 Å². The highest BCUT2D eigenvalue weighted by Gasteiger charge is 2.02. The van der Waals surface area contributed by atoms with Gasteiger partial charge in [0.2, 0.25) is 0 Å². The largest absolute Gasteiger partial charge is 0.466 e. The fourth-order valence-electron chi connectivity index (χ4n) is 1.34. The van der Waals surface area contributed by atoms with Crippen LogP contribution < -0.4 is 0 Å². The highest BCUT2D eigenvalue weighted by atomic mass is 16.5. The maximum atomic E-state index is 10.8. The smallest absolute Gasteiger partial charge is 0.330 e. The van der Waals surface area contributed by atoms with Crippen LogP contribution in [0.3, 0.4) is 0 Å². The van der Waals surface area contributed by atoms with Crippen molar-refractivity contribution in [1.82, 2.24) is 0 Å². The fourth-order valence-corrected chi connectivity index (χ4v) is 1.34. The Morgan fingerprint density at radius 2 is 2.11 bits per heavy atom. The van der Waals surface area contributed by atoms with Gasteiger partial charge >= 0.3 is 5.97 Å². The van der Waals surface area contributed by atoms with Gasteiger partial charge in [0.25, 0.3) is 0 Å². The van der Waals surface area contributed by atoms with E-state index in [-0.39, 0.29) is 6.61 Å². The number of carbonyl (C=O) groups is 1. The van der Waals surface area contributed by atoms with Crippen LogP contribution in [0.25, 0.3) is 0 Å². The van der Waals surface area contributed by atoms with Crippen LogP contribution in [0.1, 0.15) is 12.0 Å². The van der Waals surface area contributed by atoms with Crippen LogP contribution in [-0.2, 0) is 20.9 Å². The molecule has 98 valence electrons. The highest BCUT2D eigenvalue weighted by molar-refractivity contribution is 5.81. The minimum atomic E-state index is -0.616. The lowest BCUT2D eigenvalue weighted by molar-refractivity contribution is -0.134. The van der Waals surface area contributed by atoms with Gasteiger partial charge in [0.15, 0.2) is 0 Å². The van der Waals surface area contributed by atoms with Crippen molar-refractivity contribution in [3.63, 3.8) is 0 Å². The maximum Gasteiger partial charge on any atom is 0.330 e. The van der Waals surface area contributed by atoms with E-state index < -0.39 is 12.1 Å². The molecule has 0 fully saturated rings. The lowest BCUT2D eigenvalue weighted by Crippen LogP contribution is -2.14. The summed E-state index contributed by atoms with van der Waals surface area (Å²) in [5.74, 6) is -0.424. The zero-order valence-corrected chi connectivity index (χ0v) is 10.4. The SMILES string of the molecule is COC(=O)/C=C/C[C@H](O)COCc1ccccc1. The first kappa shape index (κ1) is 14.4. The van der Waals surface area contributed by atoms with Gasteiger partial charge < -0.3 is 14.6 Å². The maximum absolute atomic E-state index is 10.8. The number of carbonyl (C=O) groups excluding carboxylic acids is 1. The molecule has 4 heteroatoms. The molecule has 18 heavy (non-hydrogen) atoms. The molecule has 1 aromatic carbocycles. The van der Waals surface area contributed by atoms with Crippen molar-refractivity contribution in [3.05, 3.63) is 48.0 Å². The standard InChI is InChI=1S/C14H18O4/c1-17-14(16)9-5-8-13(15)11-18-10-12-6-3-2-4-7-12/h2-7,9,13,15H,8,10-11H2,1H3/b9-5+/t13-/m0/s1. The van der Waals surface area contributed by atoms with Gasteiger partial charge in [-0.25, -0.2) is 4.79 Å². The molecule has 0 unspecified atom stereocenters. The molecule has 0 aliphatic heterocycles. The number of benzene rings is 1. The Bertz CT molecular complexity index is 373. The fraction of sp³-hybridized carbons (Fsp3) is 0.357. The first-order valence-corrected chi connectivity index (χ1v) is 5.76. The molecule has 1 rings (SSSR count). The number of rotatable bonds is 7. The molecule has 0 aliphatic carbocycles. The second kappa shape index (κ2) is 8.44. The predicted molar refractivity (Wildman–Crippen MR) is 67.9 cm³/mol. The first-order chi connectivity index (χ1) is 8.72. The number of hydrogen-bond acceptors (Lipinski definition) is 4. The summed E-state index contributed by atoms with van der Waals surface area (Å²) in [7, 11) is 1.31. The zero-order chi connectivity index (χ0) is 13.2. The molecule has 0 bridgehead atoms. The van der Waals surface area contributed by atoms with Crippen LogP contribution in [0.15, 0.2) is 42.5 Å². The van der Waals surface area contributed by atoms with Crippen LogP contribution in [0, 0.1) is 0 Å². The highest BCUT2D eigenvalue weighted by Crippen LogP contribution is 2.02. The molecule has 0 amide bonds. The zero-order valence-electron chi connectivity index (χ0n) is 10.4. The van der Waals surface area contributed by atoms with E-state index >= 15 is 0 Å². The van der Waals surface area contributed by atoms with Gasteiger partial charge in [0.05, 0.1) is 26.4 Å². The molecule has 0 saturated heterocycles. The van der Waals surface area contributed by atoms with Gasteiger partial charge in [-0.3, -0.25) is 0 Å². The Balaban J connectivity index is 2.16. The molecular formula is C14H18O4. The third-order valence-corrected chi connectivity index (χ3v) is 2.29. The summed E-state index contributed by atoms with van der Waals surface area (Å²) in [6.45, 7) is 0.707. The van der Waals surface area contributed by atoms with Gasteiger partial charge in [0, 0.05) is 6.08 Å². The number of ether oxygens (including phenoxy) is 2. The van der Waals surface area contributed by atoms with Crippen molar-refractivity contribution in [2.45, 2.75) is 19.1 Å². The Morgan fingerprint density at radius 1 is 1.39 bits per heavy atom. The van der Waals surface area contributed by atoms with Crippen molar-refractivity contribution >= 4 is 5.97 Å². The van der Waals surface area contributed by atoms with Crippen molar-refractivity contribution in [2.24, 2.45) is 0 Å². The van der Waals surface area contributed by atoms with Gasteiger partial charge in [-0.1, -0.05) is 36.4 Å². The third-order valence-electron chi connectivity index (χ3n) is 2.29. The summed E-state index contributed by atoms with van der Waals surface area (Å²) in [6, 6.07) is 9.74. The number of esters is 1. The Morgan fingerprint density at radius 3 is 2.78 bits per heavy atom. The average Bonchev–Trinajstić information content (AvgIpc) is 2.39. The topological polar surface area (TPSA) is 55.8 Å². The molecule has 4 nitrogen and oxygen atoms in total. The van der Waals surface area contributed by atoms with E-state index in [9.17, 15) is 9.90 Å². The molecule has 1 N–H and O–H groups in total. The van der Waals surface area contributed by atoms with Gasteiger partial charge in [0.1, 0.15) is 0 Å². The second-order valence-corrected chi connectivity index (χ2v) is 3.82. The Hall–Kier alpha value is -1.65. The first-order valence-electron chi connectivity index (χ1n) is 5.76. The van der Waals surface area contributed by atoms with Gasteiger partial charge in [-0.15, -0.1) is 0 Å². The summed E-state index contributed by atoms with van der Waals surface area (Å²) < 4.78 is 9.80. The summed E-state index contributed by atoms with van der Waals surface area (Å²) in [6.07, 6.45) is 2.61. The van der Waals surface area contributed by atoms with Crippen LogP contribution in [-0.4, -0.2) is 30.9 Å². The van der Waals surface area contributed by atoms with E-state index in [4.69, 9.17) is 4.74 Å².